The molecule has 2 aromatic carbocycles. The lowest BCUT2D eigenvalue weighted by Crippen LogP contribution is -2.27. The van der Waals surface area contributed by atoms with E-state index in [4.69, 9.17) is 0 Å². The van der Waals surface area contributed by atoms with Crippen LogP contribution >= 0.6 is 22.6 Å². The Labute approximate surface area is 212 Å². The average Bonchev–Trinajstić information content (AvgIpc) is 2.80. The highest BCUT2D eigenvalue weighted by Crippen LogP contribution is 2.22. The molecule has 0 spiro atoms. The first-order valence-corrected chi connectivity index (χ1v) is 14.5. The van der Waals surface area contributed by atoms with Gasteiger partial charge in [-0.3, -0.25) is 0 Å². The van der Waals surface area contributed by atoms with E-state index >= 15 is 0 Å². The second kappa shape index (κ2) is 10.5. The topological polar surface area (TPSA) is 142 Å². The van der Waals surface area contributed by atoms with Gasteiger partial charge in [-0.25, -0.2) is 31.3 Å². The number of benzene rings is 2. The number of anilines is 3. The van der Waals surface area contributed by atoms with Crippen molar-refractivity contribution < 1.29 is 16.8 Å². The number of rotatable bonds is 5. The van der Waals surface area contributed by atoms with Crippen molar-refractivity contribution >= 4 is 60.1 Å². The molecule has 1 aliphatic heterocycles. The van der Waals surface area contributed by atoms with Gasteiger partial charge in [0.25, 0.3) is 0 Å². The van der Waals surface area contributed by atoms with Gasteiger partial charge in [0.2, 0.25) is 26.0 Å². The number of hydrogen-bond donors (Lipinski definition) is 4. The van der Waals surface area contributed by atoms with Crippen LogP contribution in [0.1, 0.15) is 12.0 Å². The van der Waals surface area contributed by atoms with Gasteiger partial charge < -0.3 is 10.6 Å². The molecule has 0 unspecified atom stereocenters. The lowest BCUT2D eigenvalue weighted by Gasteiger charge is -2.13. The highest BCUT2D eigenvalue weighted by atomic mass is 127. The zero-order chi connectivity index (χ0) is 24.2. The Bertz CT molecular complexity index is 1400. The van der Waals surface area contributed by atoms with Crippen molar-refractivity contribution in [2.45, 2.75) is 22.6 Å². The normalized spacial score (nSPS) is 15.7. The number of nitrogens with one attached hydrogen (secondary N) is 4. The maximum atomic E-state index is 12.7. The van der Waals surface area contributed by atoms with E-state index in [0.29, 0.717) is 40.4 Å². The number of sulfonamides is 2. The monoisotopic (exact) mass is 614 g/mol. The lowest BCUT2D eigenvalue weighted by atomic mass is 10.2. The summed E-state index contributed by atoms with van der Waals surface area (Å²) in [6, 6.07) is 13.2. The fourth-order valence-corrected chi connectivity index (χ4v) is 6.80. The molecule has 34 heavy (non-hydrogen) atoms. The van der Waals surface area contributed by atoms with Crippen LogP contribution in [0.25, 0.3) is 0 Å². The Balaban J connectivity index is 1.52. The Morgan fingerprint density at radius 2 is 1.91 bits per heavy atom. The third-order valence-electron chi connectivity index (χ3n) is 5.02. The van der Waals surface area contributed by atoms with Crippen molar-refractivity contribution in [1.29, 1.82) is 0 Å². The van der Waals surface area contributed by atoms with E-state index in [1.807, 2.05) is 22.6 Å². The van der Waals surface area contributed by atoms with E-state index in [-0.39, 0.29) is 22.9 Å². The number of halogens is 1. The molecule has 4 rings (SSSR count). The summed E-state index contributed by atoms with van der Waals surface area (Å²) in [4.78, 5) is 9.25. The molecule has 0 radical (unpaired) electrons. The molecule has 4 bridgehead atoms. The molecule has 13 heteroatoms. The van der Waals surface area contributed by atoms with Crippen LogP contribution in [-0.4, -0.2) is 46.4 Å². The van der Waals surface area contributed by atoms with Gasteiger partial charge in [-0.2, -0.15) is 4.98 Å². The molecule has 0 atom stereocenters. The maximum Gasteiger partial charge on any atom is 0.241 e. The van der Waals surface area contributed by atoms with Crippen molar-refractivity contribution in [3.8, 4) is 0 Å². The first kappa shape index (κ1) is 24.8. The Hall–Kier alpha value is -2.33. The van der Waals surface area contributed by atoms with Gasteiger partial charge >= 0.3 is 0 Å². The molecule has 3 aromatic rings. The molecule has 0 aliphatic carbocycles. The minimum atomic E-state index is -3.65. The van der Waals surface area contributed by atoms with E-state index in [9.17, 15) is 16.8 Å². The molecule has 0 fully saturated rings. The summed E-state index contributed by atoms with van der Waals surface area (Å²) >= 11 is 2.00. The van der Waals surface area contributed by atoms with Gasteiger partial charge in [0, 0.05) is 40.7 Å². The van der Waals surface area contributed by atoms with E-state index in [0.717, 1.165) is 5.56 Å². The second-order valence-corrected chi connectivity index (χ2v) is 12.1. The first-order valence-electron chi connectivity index (χ1n) is 10.5. The largest absolute Gasteiger partial charge is 0.370 e. The van der Waals surface area contributed by atoms with Gasteiger partial charge in [-0.15, -0.1) is 0 Å². The van der Waals surface area contributed by atoms with Gasteiger partial charge in [0.05, 0.1) is 9.79 Å². The molecule has 10 nitrogen and oxygen atoms in total. The zero-order valence-corrected chi connectivity index (χ0v) is 21.7. The van der Waals surface area contributed by atoms with Crippen LogP contribution in [0.5, 0.6) is 0 Å². The van der Waals surface area contributed by atoms with Gasteiger partial charge in [0.1, 0.15) is 5.82 Å². The molecule has 0 saturated carbocycles. The summed E-state index contributed by atoms with van der Waals surface area (Å²) < 4.78 is 56.2. The van der Waals surface area contributed by atoms with Gasteiger partial charge in [-0.05, 0) is 65.8 Å². The average molecular weight is 614 g/mol. The molecule has 0 amide bonds. The quantitative estimate of drug-likeness (QED) is 0.321. The summed E-state index contributed by atoms with van der Waals surface area (Å²) in [6.07, 6.45) is 2.54. The maximum absolute atomic E-state index is 12.7. The molecule has 180 valence electrons. The molecule has 4 N–H and O–H groups in total. The number of aromatic nitrogens is 2. The van der Waals surface area contributed by atoms with Crippen LogP contribution in [0.4, 0.5) is 17.5 Å². The first-order chi connectivity index (χ1) is 16.2. The molecule has 2 heterocycles. The summed E-state index contributed by atoms with van der Waals surface area (Å²) in [5.74, 6) is 0.858. The fraction of sp³-hybridized carbons (Fsp3) is 0.238. The molecule has 1 aliphatic rings. The minimum Gasteiger partial charge on any atom is -0.370 e. The molecule has 0 saturated heterocycles. The Morgan fingerprint density at radius 1 is 1.09 bits per heavy atom. The third kappa shape index (κ3) is 6.02. The fourth-order valence-electron chi connectivity index (χ4n) is 3.32. The Kier molecular flexibility index (Phi) is 7.67. The van der Waals surface area contributed by atoms with Crippen molar-refractivity contribution in [3.05, 3.63) is 63.9 Å². The SMILES string of the molecule is O=S1(=O)NCCCNc2nc(ncc2CCNS(=O)(=O)c2ccccc2I)Nc2cccc1c2. The molecular weight excluding hydrogens is 591 g/mol. The molecular formula is C21H23IN6O4S2. The summed E-state index contributed by atoms with van der Waals surface area (Å²) in [7, 11) is -7.27. The standard InChI is InChI=1S/C21H23IN6O4S2/c22-18-7-1-2-8-19(18)34(31,32)26-12-9-15-14-24-21-27-16-5-3-6-17(13-16)33(29,30)25-11-4-10-23-20(15)28-21/h1-3,5-8,13-14,25-26H,4,9-12H2,(H2,23,24,27,28). The van der Waals surface area contributed by atoms with E-state index in [1.165, 1.54) is 12.1 Å². The minimum absolute atomic E-state index is 0.155. The lowest BCUT2D eigenvalue weighted by molar-refractivity contribution is 0.578. The van der Waals surface area contributed by atoms with Crippen LogP contribution in [0.3, 0.4) is 0 Å². The number of fused-ring (bicyclic) bond motifs is 4. The van der Waals surface area contributed by atoms with Crippen LogP contribution in [0.2, 0.25) is 0 Å². The van der Waals surface area contributed by atoms with Crippen LogP contribution < -0.4 is 20.1 Å². The predicted octanol–water partition coefficient (Wildman–Crippen LogP) is 2.44. The highest BCUT2D eigenvalue weighted by molar-refractivity contribution is 14.1. The highest BCUT2D eigenvalue weighted by Gasteiger charge is 2.18. The predicted molar refractivity (Wildman–Crippen MR) is 138 cm³/mol. The van der Waals surface area contributed by atoms with Crippen molar-refractivity contribution in [1.82, 2.24) is 19.4 Å². The van der Waals surface area contributed by atoms with E-state index < -0.39 is 20.0 Å². The van der Waals surface area contributed by atoms with Gasteiger partial charge in [0.15, 0.2) is 0 Å². The van der Waals surface area contributed by atoms with Crippen LogP contribution in [0.15, 0.2) is 64.5 Å². The van der Waals surface area contributed by atoms with Crippen molar-refractivity contribution in [3.63, 3.8) is 0 Å². The van der Waals surface area contributed by atoms with E-state index in [2.05, 4.69) is 30.0 Å². The molecule has 1 aromatic heterocycles. The van der Waals surface area contributed by atoms with Crippen LogP contribution in [0, 0.1) is 3.57 Å². The second-order valence-electron chi connectivity index (χ2n) is 7.48. The summed E-state index contributed by atoms with van der Waals surface area (Å²) in [5, 5.41) is 6.24. The van der Waals surface area contributed by atoms with E-state index in [1.54, 1.807) is 42.6 Å². The van der Waals surface area contributed by atoms with Crippen LogP contribution in [-0.2, 0) is 26.5 Å². The number of nitrogens with zero attached hydrogens (tertiary/aromatic N) is 2. The summed E-state index contributed by atoms with van der Waals surface area (Å²) in [5.41, 5.74) is 1.27. The van der Waals surface area contributed by atoms with Crippen molar-refractivity contribution in [2.75, 3.05) is 30.3 Å². The smallest absolute Gasteiger partial charge is 0.241 e. The number of hydrogen-bond acceptors (Lipinski definition) is 8. The van der Waals surface area contributed by atoms with Crippen molar-refractivity contribution in [2.24, 2.45) is 0 Å². The summed E-state index contributed by atoms with van der Waals surface area (Å²) in [6.45, 7) is 0.896. The zero-order valence-electron chi connectivity index (χ0n) is 18.0. The Morgan fingerprint density at radius 3 is 2.74 bits per heavy atom. The third-order valence-corrected chi connectivity index (χ3v) is 9.30. The van der Waals surface area contributed by atoms with Gasteiger partial charge in [-0.1, -0.05) is 18.2 Å².